The zero-order valence-corrected chi connectivity index (χ0v) is 16.3. The first-order valence-electron chi connectivity index (χ1n) is 8.34. The molecule has 7 heteroatoms. The van der Waals surface area contributed by atoms with Crippen LogP contribution in [-0.2, 0) is 9.53 Å². The Labute approximate surface area is 164 Å². The molecule has 5 nitrogen and oxygen atoms in total. The molecular formula is C19H23Cl2N3O2. The minimum atomic E-state index is -0.197. The second kappa shape index (κ2) is 9.84. The third-order valence-corrected chi connectivity index (χ3v) is 4.64. The van der Waals surface area contributed by atoms with E-state index in [1.807, 2.05) is 19.1 Å². The number of terminal acetylenes is 1. The topological polar surface area (TPSA) is 62.4 Å². The van der Waals surface area contributed by atoms with Gasteiger partial charge in [0.25, 0.3) is 0 Å². The van der Waals surface area contributed by atoms with Crippen molar-refractivity contribution >= 4 is 34.8 Å². The lowest BCUT2D eigenvalue weighted by molar-refractivity contribution is -0.123. The lowest BCUT2D eigenvalue weighted by Crippen LogP contribution is -2.49. The molecule has 0 aliphatic heterocycles. The zero-order valence-electron chi connectivity index (χ0n) is 14.8. The lowest BCUT2D eigenvalue weighted by atomic mass is 10.1. The van der Waals surface area contributed by atoms with Crippen molar-refractivity contribution in [3.63, 3.8) is 0 Å². The van der Waals surface area contributed by atoms with Gasteiger partial charge in [-0.1, -0.05) is 41.3 Å². The minimum absolute atomic E-state index is 0.0290. The Morgan fingerprint density at radius 1 is 1.35 bits per heavy atom. The van der Waals surface area contributed by atoms with Crippen LogP contribution in [0.5, 0.6) is 0 Å². The summed E-state index contributed by atoms with van der Waals surface area (Å²) in [5, 5.41) is 10.6. The largest absolute Gasteiger partial charge is 0.378 e. The predicted molar refractivity (Wildman–Crippen MR) is 106 cm³/mol. The highest BCUT2D eigenvalue weighted by Gasteiger charge is 2.28. The van der Waals surface area contributed by atoms with Crippen molar-refractivity contribution in [2.24, 2.45) is 5.92 Å². The standard InChI is InChI=1S/C19H23Cl2N3O2/c1-4-7-22-19(25)13-5-6-16(8-13)23-18(12(2)26-3)24-17-10-14(20)9-15(21)11-17/h1,5-6,9-13,16,18,23-24H,7-8H2,2-3H3,(H,22,25)/t12?,13-,16+,18?/m1/s1. The van der Waals surface area contributed by atoms with Gasteiger partial charge < -0.3 is 15.4 Å². The van der Waals surface area contributed by atoms with Crippen LogP contribution in [0.2, 0.25) is 10.0 Å². The SMILES string of the molecule is C#CCNC(=O)[C@@H]1C=C[C@H](NC(Nc2cc(Cl)cc(Cl)c2)C(C)OC)C1. The molecule has 2 rings (SSSR count). The molecule has 1 aliphatic rings. The van der Waals surface area contributed by atoms with Gasteiger partial charge in [0.2, 0.25) is 5.91 Å². The maximum Gasteiger partial charge on any atom is 0.227 e. The number of amides is 1. The Morgan fingerprint density at radius 3 is 2.65 bits per heavy atom. The van der Waals surface area contributed by atoms with E-state index >= 15 is 0 Å². The summed E-state index contributed by atoms with van der Waals surface area (Å²) in [5.74, 6) is 2.15. The summed E-state index contributed by atoms with van der Waals surface area (Å²) < 4.78 is 5.47. The first kappa shape index (κ1) is 20.6. The van der Waals surface area contributed by atoms with Crippen LogP contribution in [0.3, 0.4) is 0 Å². The van der Waals surface area contributed by atoms with E-state index in [-0.39, 0.29) is 36.7 Å². The van der Waals surface area contributed by atoms with Crippen LogP contribution < -0.4 is 16.0 Å². The molecule has 1 amide bonds. The molecule has 0 radical (unpaired) electrons. The Hall–Kier alpha value is -1.71. The molecule has 4 atom stereocenters. The molecule has 0 spiro atoms. The lowest BCUT2D eigenvalue weighted by Gasteiger charge is -2.29. The van der Waals surface area contributed by atoms with Crippen LogP contribution >= 0.6 is 23.2 Å². The molecule has 0 fully saturated rings. The molecule has 1 aliphatic carbocycles. The number of carbonyl (C=O) groups excluding carboxylic acids is 1. The van der Waals surface area contributed by atoms with E-state index in [9.17, 15) is 4.79 Å². The Bertz CT molecular complexity index is 682. The molecule has 3 N–H and O–H groups in total. The fourth-order valence-corrected chi connectivity index (χ4v) is 3.29. The van der Waals surface area contributed by atoms with Gasteiger partial charge in [0, 0.05) is 28.9 Å². The smallest absolute Gasteiger partial charge is 0.227 e. The molecule has 1 aromatic carbocycles. The number of hydrogen-bond acceptors (Lipinski definition) is 4. The van der Waals surface area contributed by atoms with E-state index in [2.05, 4.69) is 21.9 Å². The summed E-state index contributed by atoms with van der Waals surface area (Å²) in [6, 6.07) is 5.30. The summed E-state index contributed by atoms with van der Waals surface area (Å²) in [6.45, 7) is 2.19. The Kier molecular flexibility index (Phi) is 7.80. The fraction of sp³-hybridized carbons (Fsp3) is 0.421. The molecule has 0 bridgehead atoms. The molecule has 0 aromatic heterocycles. The van der Waals surface area contributed by atoms with Gasteiger partial charge in [-0.15, -0.1) is 6.42 Å². The maximum absolute atomic E-state index is 12.0. The fourth-order valence-electron chi connectivity index (χ4n) is 2.76. The molecule has 2 unspecified atom stereocenters. The quantitative estimate of drug-likeness (QED) is 0.359. The summed E-state index contributed by atoms with van der Waals surface area (Å²) in [7, 11) is 1.65. The summed E-state index contributed by atoms with van der Waals surface area (Å²) in [4.78, 5) is 12.0. The van der Waals surface area contributed by atoms with Gasteiger partial charge >= 0.3 is 0 Å². The highest BCUT2D eigenvalue weighted by molar-refractivity contribution is 6.35. The average molecular weight is 396 g/mol. The summed E-state index contributed by atoms with van der Waals surface area (Å²) in [6.07, 6.45) is 9.39. The van der Waals surface area contributed by atoms with Gasteiger partial charge in [-0.3, -0.25) is 10.1 Å². The number of carbonyl (C=O) groups is 1. The van der Waals surface area contributed by atoms with Gasteiger partial charge in [0.05, 0.1) is 18.6 Å². The first-order chi connectivity index (χ1) is 12.4. The number of methoxy groups -OCH3 is 1. The van der Waals surface area contributed by atoms with E-state index in [0.29, 0.717) is 16.5 Å². The Balaban J connectivity index is 2.00. The van der Waals surface area contributed by atoms with Crippen LogP contribution in [0.15, 0.2) is 30.4 Å². The first-order valence-corrected chi connectivity index (χ1v) is 9.09. The van der Waals surface area contributed by atoms with E-state index < -0.39 is 0 Å². The van der Waals surface area contributed by atoms with Crippen molar-refractivity contribution in [3.05, 3.63) is 40.4 Å². The second-order valence-electron chi connectivity index (χ2n) is 6.14. The highest BCUT2D eigenvalue weighted by Crippen LogP contribution is 2.24. The molecule has 140 valence electrons. The van der Waals surface area contributed by atoms with Gasteiger partial charge in [-0.05, 0) is 31.5 Å². The second-order valence-corrected chi connectivity index (χ2v) is 7.02. The van der Waals surface area contributed by atoms with E-state index in [4.69, 9.17) is 34.4 Å². The van der Waals surface area contributed by atoms with Crippen LogP contribution in [0, 0.1) is 18.3 Å². The third-order valence-electron chi connectivity index (χ3n) is 4.20. The predicted octanol–water partition coefficient (Wildman–Crippen LogP) is 3.05. The molecule has 26 heavy (non-hydrogen) atoms. The number of ether oxygens (including phenoxy) is 1. The van der Waals surface area contributed by atoms with Gasteiger partial charge in [0.1, 0.15) is 6.17 Å². The number of benzene rings is 1. The minimum Gasteiger partial charge on any atom is -0.378 e. The van der Waals surface area contributed by atoms with E-state index in [0.717, 1.165) is 5.69 Å². The van der Waals surface area contributed by atoms with Crippen molar-refractivity contribution in [2.45, 2.75) is 31.7 Å². The number of halogens is 2. The summed E-state index contributed by atoms with van der Waals surface area (Å²) >= 11 is 12.1. The van der Waals surface area contributed by atoms with Crippen LogP contribution in [0.1, 0.15) is 13.3 Å². The average Bonchev–Trinajstić information content (AvgIpc) is 3.06. The van der Waals surface area contributed by atoms with Crippen LogP contribution in [0.4, 0.5) is 5.69 Å². The number of anilines is 1. The van der Waals surface area contributed by atoms with E-state index in [1.165, 1.54) is 0 Å². The number of hydrogen-bond donors (Lipinski definition) is 3. The van der Waals surface area contributed by atoms with Crippen molar-refractivity contribution in [2.75, 3.05) is 19.0 Å². The van der Waals surface area contributed by atoms with Crippen molar-refractivity contribution < 1.29 is 9.53 Å². The van der Waals surface area contributed by atoms with Crippen LogP contribution in [-0.4, -0.2) is 37.9 Å². The number of nitrogens with one attached hydrogen (secondary N) is 3. The third kappa shape index (κ3) is 5.93. The number of rotatable bonds is 8. The molecular weight excluding hydrogens is 373 g/mol. The van der Waals surface area contributed by atoms with Gasteiger partial charge in [0.15, 0.2) is 0 Å². The molecule has 1 aromatic rings. The van der Waals surface area contributed by atoms with Crippen molar-refractivity contribution in [3.8, 4) is 12.3 Å². The maximum atomic E-state index is 12.0. The molecule has 0 saturated carbocycles. The van der Waals surface area contributed by atoms with Gasteiger partial charge in [-0.2, -0.15) is 0 Å². The molecule has 0 heterocycles. The van der Waals surface area contributed by atoms with Crippen molar-refractivity contribution in [1.29, 1.82) is 0 Å². The zero-order chi connectivity index (χ0) is 19.1. The Morgan fingerprint density at radius 2 is 2.04 bits per heavy atom. The molecule has 0 saturated heterocycles. The van der Waals surface area contributed by atoms with Crippen LogP contribution in [0.25, 0.3) is 0 Å². The normalized spacial score (nSPS) is 21.0. The van der Waals surface area contributed by atoms with E-state index in [1.54, 1.807) is 25.3 Å². The summed E-state index contributed by atoms with van der Waals surface area (Å²) in [5.41, 5.74) is 0.786. The monoisotopic (exact) mass is 395 g/mol. The van der Waals surface area contributed by atoms with Gasteiger partial charge in [-0.25, -0.2) is 0 Å². The highest BCUT2D eigenvalue weighted by atomic mass is 35.5. The van der Waals surface area contributed by atoms with Crippen molar-refractivity contribution in [1.82, 2.24) is 10.6 Å².